The van der Waals surface area contributed by atoms with Crippen LogP contribution in [0.2, 0.25) is 0 Å². The zero-order valence-electron chi connectivity index (χ0n) is 17.5. The molecule has 2 heterocycles. The number of aliphatic hydroxyl groups excluding tert-OH is 1. The van der Waals surface area contributed by atoms with E-state index in [4.69, 9.17) is 9.84 Å². The Morgan fingerprint density at radius 1 is 1.25 bits per heavy atom. The van der Waals surface area contributed by atoms with Gasteiger partial charge in [-0.15, -0.1) is 0 Å². The Labute approximate surface area is 182 Å². The first kappa shape index (κ1) is 23.1. The second kappa shape index (κ2) is 10.1. The molecule has 0 aliphatic rings. The lowest BCUT2D eigenvalue weighted by atomic mass is 10.0. The Morgan fingerprint density at radius 3 is 2.59 bits per heavy atom. The Bertz CT molecular complexity index is 1120. The fraction of sp³-hybridized carbons (Fsp3) is 0.333. The maximum absolute atomic E-state index is 13.8. The van der Waals surface area contributed by atoms with E-state index in [0.717, 1.165) is 29.1 Å². The molecular weight excluding hydrogens is 424 g/mol. The van der Waals surface area contributed by atoms with E-state index in [1.165, 1.54) is 10.7 Å². The molecule has 1 amide bonds. The summed E-state index contributed by atoms with van der Waals surface area (Å²) in [5.74, 6) is -2.85. The van der Waals surface area contributed by atoms with Crippen LogP contribution in [-0.4, -0.2) is 37.2 Å². The fourth-order valence-electron chi connectivity index (χ4n) is 3.02. The van der Waals surface area contributed by atoms with E-state index < -0.39 is 34.9 Å². The first-order chi connectivity index (χ1) is 15.3. The highest BCUT2D eigenvalue weighted by atomic mass is 19.1. The number of aliphatic hydroxyl groups is 1. The molecule has 0 fully saturated rings. The maximum atomic E-state index is 13.8. The number of para-hydroxylation sites is 1. The zero-order valence-corrected chi connectivity index (χ0v) is 17.5. The number of benzene rings is 1. The predicted octanol–water partition coefficient (Wildman–Crippen LogP) is 2.73. The average Bonchev–Trinajstić information content (AvgIpc) is 3.16. The number of nitrogens with zero attached hydrogens (tertiary/aromatic N) is 4. The summed E-state index contributed by atoms with van der Waals surface area (Å²) in [5.41, 5.74) is -0.675. The summed E-state index contributed by atoms with van der Waals surface area (Å²) in [5, 5.41) is 19.7. The van der Waals surface area contributed by atoms with Gasteiger partial charge in [0.15, 0.2) is 29.0 Å². The van der Waals surface area contributed by atoms with E-state index in [9.17, 15) is 18.4 Å². The summed E-state index contributed by atoms with van der Waals surface area (Å²) in [7, 11) is 0. The van der Waals surface area contributed by atoms with E-state index in [0.29, 0.717) is 6.42 Å². The van der Waals surface area contributed by atoms with Crippen LogP contribution in [0.15, 0.2) is 47.5 Å². The van der Waals surface area contributed by atoms with Crippen molar-refractivity contribution in [3.05, 3.63) is 64.7 Å². The van der Waals surface area contributed by atoms with Crippen molar-refractivity contribution in [1.82, 2.24) is 19.6 Å². The molecular formula is C21H23F2N5O4. The van der Waals surface area contributed by atoms with Gasteiger partial charge in [0.25, 0.3) is 11.5 Å². The summed E-state index contributed by atoms with van der Waals surface area (Å²) in [4.78, 5) is 25.6. The predicted molar refractivity (Wildman–Crippen MR) is 111 cm³/mol. The number of carbonyl (C=O) groups is 1. The van der Waals surface area contributed by atoms with E-state index in [1.807, 2.05) is 13.8 Å². The summed E-state index contributed by atoms with van der Waals surface area (Å²) >= 11 is 0. The highest BCUT2D eigenvalue weighted by Gasteiger charge is 2.25. The van der Waals surface area contributed by atoms with Gasteiger partial charge in [0, 0.05) is 18.3 Å². The molecule has 1 atom stereocenters. The Balaban J connectivity index is 1.83. The van der Waals surface area contributed by atoms with E-state index in [2.05, 4.69) is 15.5 Å². The number of rotatable bonds is 9. The van der Waals surface area contributed by atoms with Crippen molar-refractivity contribution in [2.24, 2.45) is 5.92 Å². The van der Waals surface area contributed by atoms with Crippen molar-refractivity contribution < 1.29 is 23.4 Å². The van der Waals surface area contributed by atoms with E-state index in [-0.39, 0.29) is 30.6 Å². The SMILES string of the molecule is CC(C)C[C@H](C(=O)Nc1ccn(CCO)n1)n1ncc(Oc2c(F)cccc2F)cc1=O. The minimum atomic E-state index is -0.954. The first-order valence-corrected chi connectivity index (χ1v) is 9.94. The van der Waals surface area contributed by atoms with E-state index >= 15 is 0 Å². The van der Waals surface area contributed by atoms with Crippen LogP contribution >= 0.6 is 0 Å². The molecule has 0 saturated carbocycles. The quantitative estimate of drug-likeness (QED) is 0.522. The summed E-state index contributed by atoms with van der Waals surface area (Å²) in [6.45, 7) is 3.95. The number of hydrogen-bond acceptors (Lipinski definition) is 6. The van der Waals surface area contributed by atoms with Crippen molar-refractivity contribution in [3.8, 4) is 11.5 Å². The number of carbonyl (C=O) groups excluding carboxylic acids is 1. The van der Waals surface area contributed by atoms with Crippen molar-refractivity contribution in [2.75, 3.05) is 11.9 Å². The molecule has 0 spiro atoms. The third-order valence-electron chi connectivity index (χ3n) is 4.45. The van der Waals surface area contributed by atoms with Crippen LogP contribution in [0.1, 0.15) is 26.3 Å². The van der Waals surface area contributed by atoms with Crippen LogP contribution in [-0.2, 0) is 11.3 Å². The summed E-state index contributed by atoms with van der Waals surface area (Å²) in [6, 6.07) is 4.86. The number of ether oxygens (including phenoxy) is 1. The number of halogens is 2. The van der Waals surface area contributed by atoms with Gasteiger partial charge in [0.2, 0.25) is 0 Å². The molecule has 11 heteroatoms. The van der Waals surface area contributed by atoms with Crippen LogP contribution in [0.4, 0.5) is 14.6 Å². The van der Waals surface area contributed by atoms with Crippen molar-refractivity contribution in [3.63, 3.8) is 0 Å². The molecule has 3 aromatic rings. The first-order valence-electron chi connectivity index (χ1n) is 9.94. The molecule has 3 rings (SSSR count). The molecule has 0 unspecified atom stereocenters. The number of anilines is 1. The molecule has 0 radical (unpaired) electrons. The molecule has 0 aliphatic heterocycles. The monoisotopic (exact) mass is 447 g/mol. The van der Waals surface area contributed by atoms with Crippen LogP contribution in [0, 0.1) is 17.6 Å². The molecule has 32 heavy (non-hydrogen) atoms. The average molecular weight is 447 g/mol. The van der Waals surface area contributed by atoms with Crippen LogP contribution < -0.4 is 15.6 Å². The van der Waals surface area contributed by atoms with Crippen molar-refractivity contribution >= 4 is 11.7 Å². The molecule has 0 saturated heterocycles. The third-order valence-corrected chi connectivity index (χ3v) is 4.45. The second-order valence-electron chi connectivity index (χ2n) is 7.45. The van der Waals surface area contributed by atoms with E-state index in [1.54, 1.807) is 12.3 Å². The van der Waals surface area contributed by atoms with Crippen molar-refractivity contribution in [1.29, 1.82) is 0 Å². The molecule has 2 N–H and O–H groups in total. The second-order valence-corrected chi connectivity index (χ2v) is 7.45. The highest BCUT2D eigenvalue weighted by molar-refractivity contribution is 5.92. The normalized spacial score (nSPS) is 12.1. The lowest BCUT2D eigenvalue weighted by Gasteiger charge is -2.19. The van der Waals surface area contributed by atoms with Gasteiger partial charge in [0.05, 0.1) is 19.3 Å². The fourth-order valence-corrected chi connectivity index (χ4v) is 3.02. The number of hydrogen-bond donors (Lipinski definition) is 2. The topological polar surface area (TPSA) is 111 Å². The summed E-state index contributed by atoms with van der Waals surface area (Å²) < 4.78 is 35.2. The maximum Gasteiger partial charge on any atom is 0.271 e. The molecule has 2 aromatic heterocycles. The highest BCUT2D eigenvalue weighted by Crippen LogP contribution is 2.26. The molecule has 170 valence electrons. The van der Waals surface area contributed by atoms with Gasteiger partial charge in [-0.25, -0.2) is 13.5 Å². The van der Waals surface area contributed by atoms with Gasteiger partial charge in [-0.3, -0.25) is 14.3 Å². The standard InChI is InChI=1S/C21H23F2N5O4/c1-13(2)10-17(21(31)25-18-6-7-27(26-18)8-9-29)28-19(30)11-14(12-24-28)32-20-15(22)4-3-5-16(20)23/h3-7,11-13,17,29H,8-10H2,1-2H3,(H,25,26,31)/t17-/m1/s1. The van der Waals surface area contributed by atoms with Crippen LogP contribution in [0.25, 0.3) is 0 Å². The number of nitrogens with one attached hydrogen (secondary N) is 1. The Kier molecular flexibility index (Phi) is 7.31. The van der Waals surface area contributed by atoms with Gasteiger partial charge in [-0.05, 0) is 24.5 Å². The molecule has 9 nitrogen and oxygen atoms in total. The van der Waals surface area contributed by atoms with Gasteiger partial charge in [0.1, 0.15) is 6.04 Å². The molecule has 0 aliphatic carbocycles. The van der Waals surface area contributed by atoms with Gasteiger partial charge >= 0.3 is 0 Å². The van der Waals surface area contributed by atoms with Crippen LogP contribution in [0.3, 0.4) is 0 Å². The van der Waals surface area contributed by atoms with Crippen LogP contribution in [0.5, 0.6) is 11.5 Å². The third kappa shape index (κ3) is 5.55. The van der Waals surface area contributed by atoms with Gasteiger partial charge in [-0.2, -0.15) is 10.2 Å². The van der Waals surface area contributed by atoms with Gasteiger partial charge in [-0.1, -0.05) is 19.9 Å². The minimum Gasteiger partial charge on any atom is -0.449 e. The van der Waals surface area contributed by atoms with Crippen molar-refractivity contribution in [2.45, 2.75) is 32.9 Å². The number of amides is 1. The zero-order chi connectivity index (χ0) is 23.3. The smallest absolute Gasteiger partial charge is 0.271 e. The van der Waals surface area contributed by atoms with Gasteiger partial charge < -0.3 is 15.2 Å². The molecule has 0 bridgehead atoms. The summed E-state index contributed by atoms with van der Waals surface area (Å²) in [6.07, 6.45) is 3.02. The minimum absolute atomic E-state index is 0.0508. The lowest BCUT2D eigenvalue weighted by molar-refractivity contribution is -0.120. The lowest BCUT2D eigenvalue weighted by Crippen LogP contribution is -2.35. The Morgan fingerprint density at radius 2 is 1.97 bits per heavy atom. The molecule has 1 aromatic carbocycles. The Hall–Kier alpha value is -3.60. The largest absolute Gasteiger partial charge is 0.449 e. The number of aromatic nitrogens is 4.